The van der Waals surface area contributed by atoms with Gasteiger partial charge in [-0.3, -0.25) is 14.4 Å². The van der Waals surface area contributed by atoms with Gasteiger partial charge in [0.1, 0.15) is 6.07 Å². The number of alkyl halides is 2. The summed E-state index contributed by atoms with van der Waals surface area (Å²) >= 11 is 0. The van der Waals surface area contributed by atoms with Crippen molar-refractivity contribution in [1.29, 1.82) is 5.26 Å². The Morgan fingerprint density at radius 2 is 1.58 bits per heavy atom. The van der Waals surface area contributed by atoms with E-state index in [0.717, 1.165) is 37.7 Å². The van der Waals surface area contributed by atoms with E-state index in [1.165, 1.54) is 6.92 Å². The van der Waals surface area contributed by atoms with Crippen LogP contribution in [-0.2, 0) is 14.4 Å². The van der Waals surface area contributed by atoms with Crippen molar-refractivity contribution in [1.82, 2.24) is 5.32 Å². The van der Waals surface area contributed by atoms with Crippen molar-refractivity contribution in [2.75, 3.05) is 0 Å². The highest BCUT2D eigenvalue weighted by molar-refractivity contribution is 6.04. The molecule has 0 aromatic carbocycles. The van der Waals surface area contributed by atoms with Gasteiger partial charge >= 0.3 is 5.92 Å². The maximum Gasteiger partial charge on any atom is 0.321 e. The van der Waals surface area contributed by atoms with Crippen LogP contribution >= 0.6 is 0 Å². The lowest BCUT2D eigenvalue weighted by atomic mass is 9.42. The number of rotatable bonds is 12. The Bertz CT molecular complexity index is 1220. The molecule has 1 N–H and O–H groups in total. The molecule has 0 bridgehead atoms. The predicted octanol–water partition coefficient (Wildman–Crippen LogP) is 8.93. The van der Waals surface area contributed by atoms with Crippen LogP contribution in [-0.4, -0.2) is 28.9 Å². The van der Waals surface area contributed by atoms with Gasteiger partial charge < -0.3 is 5.32 Å². The first-order valence-electron chi connectivity index (χ1n) is 15.9. The van der Waals surface area contributed by atoms with Crippen LogP contribution in [0.25, 0.3) is 0 Å². The van der Waals surface area contributed by atoms with E-state index in [1.807, 2.05) is 20.8 Å². The first kappa shape index (κ1) is 36.8. The highest BCUT2D eigenvalue weighted by Crippen LogP contribution is 2.67. The number of Topliss-reactive ketones (excluding diaryl/α,β-unsaturated/α-hetero) is 1. The zero-order valence-electron chi connectivity index (χ0n) is 28.8. The zero-order chi connectivity index (χ0) is 33.4. The van der Waals surface area contributed by atoms with Crippen LogP contribution in [0, 0.1) is 44.3 Å². The van der Waals surface area contributed by atoms with Gasteiger partial charge in [-0.25, -0.2) is 0 Å². The number of nitrogens with one attached hydrogen (secondary N) is 1. The predicted molar refractivity (Wildman–Crippen MR) is 168 cm³/mol. The van der Waals surface area contributed by atoms with Crippen LogP contribution in [0.1, 0.15) is 134 Å². The van der Waals surface area contributed by atoms with Crippen molar-refractivity contribution in [3.63, 3.8) is 0 Å². The second-order valence-corrected chi connectivity index (χ2v) is 16.3. The molecule has 43 heavy (non-hydrogen) atoms. The van der Waals surface area contributed by atoms with Gasteiger partial charge in [0, 0.05) is 23.3 Å². The van der Waals surface area contributed by atoms with E-state index in [1.54, 1.807) is 12.2 Å². The normalized spacial score (nSPS) is 28.4. The van der Waals surface area contributed by atoms with E-state index in [0.29, 0.717) is 26.2 Å². The average molecular weight is 603 g/mol. The molecule has 5 nitrogen and oxygen atoms in total. The van der Waals surface area contributed by atoms with Gasteiger partial charge in [0.25, 0.3) is 5.91 Å². The lowest BCUT2D eigenvalue weighted by Crippen LogP contribution is -2.56. The average Bonchev–Trinajstić information content (AvgIpc) is 2.85. The number of hydrogen-bond donors (Lipinski definition) is 1. The summed E-state index contributed by atoms with van der Waals surface area (Å²) in [4.78, 5) is 38.6. The lowest BCUT2D eigenvalue weighted by Gasteiger charge is -2.61. The molecule has 7 heteroatoms. The van der Waals surface area contributed by atoms with E-state index in [4.69, 9.17) is 0 Å². The van der Waals surface area contributed by atoms with Crippen molar-refractivity contribution in [2.45, 2.75) is 146 Å². The Balaban J connectivity index is 2.57. The molecule has 0 aromatic rings. The van der Waals surface area contributed by atoms with E-state index in [9.17, 15) is 28.4 Å². The Kier molecular flexibility index (Phi) is 10.5. The fourth-order valence-electron chi connectivity index (χ4n) is 8.03. The van der Waals surface area contributed by atoms with Crippen LogP contribution < -0.4 is 5.32 Å². The molecular weight excluding hydrogens is 546 g/mol. The van der Waals surface area contributed by atoms with Crippen LogP contribution in [0.3, 0.4) is 0 Å². The summed E-state index contributed by atoms with van der Waals surface area (Å²) in [5.41, 5.74) is -2.18. The van der Waals surface area contributed by atoms with Crippen LogP contribution in [0.2, 0.25) is 0 Å². The molecule has 1 saturated carbocycles. The quantitative estimate of drug-likeness (QED) is 0.226. The number of fused-ring (bicyclic) bond motifs is 1. The summed E-state index contributed by atoms with van der Waals surface area (Å²) in [6.07, 6.45) is 9.41. The SMILES string of the molecule is CCCC(C)(C)CC[C@@](C)(CCC(C)(C)[C@]1(C)CC[C@H]2C(C)(C)C(=O)C(C#N)=C[C@]2(C)/C1=C/C(C)=O)NC(=O)C(C)(F)F. The molecule has 2 aliphatic carbocycles. The molecular formula is C36H56F2N2O3. The zero-order valence-corrected chi connectivity index (χ0v) is 28.8. The van der Waals surface area contributed by atoms with Crippen molar-refractivity contribution < 1.29 is 23.2 Å². The van der Waals surface area contributed by atoms with Crippen molar-refractivity contribution in [3.8, 4) is 6.07 Å². The summed E-state index contributed by atoms with van der Waals surface area (Å²) in [6, 6.07) is 2.12. The molecule has 2 rings (SSSR count). The topological polar surface area (TPSA) is 87.0 Å². The number of hydrogen-bond acceptors (Lipinski definition) is 4. The van der Waals surface area contributed by atoms with Gasteiger partial charge in [-0.15, -0.1) is 0 Å². The molecule has 1 amide bonds. The minimum Gasteiger partial charge on any atom is -0.346 e. The molecule has 1 fully saturated rings. The fraction of sp³-hybridized carbons (Fsp3) is 0.778. The van der Waals surface area contributed by atoms with Crippen molar-refractivity contribution in [3.05, 3.63) is 23.3 Å². The molecule has 0 radical (unpaired) electrons. The fourth-order valence-corrected chi connectivity index (χ4v) is 8.03. The monoisotopic (exact) mass is 602 g/mol. The van der Waals surface area contributed by atoms with Gasteiger partial charge in [-0.05, 0) is 87.0 Å². The van der Waals surface area contributed by atoms with Crippen LogP contribution in [0.15, 0.2) is 23.3 Å². The van der Waals surface area contributed by atoms with E-state index in [-0.39, 0.29) is 28.5 Å². The van der Waals surface area contributed by atoms with Gasteiger partial charge in [-0.1, -0.05) is 80.4 Å². The number of nitriles is 1. The molecule has 0 unspecified atom stereocenters. The smallest absolute Gasteiger partial charge is 0.321 e. The number of amides is 1. The summed E-state index contributed by atoms with van der Waals surface area (Å²) in [5, 5.41) is 12.6. The minimum atomic E-state index is -3.48. The Hall–Kier alpha value is -2.36. The minimum absolute atomic E-state index is 0.0113. The second-order valence-electron chi connectivity index (χ2n) is 16.3. The number of carbonyl (C=O) groups is 3. The van der Waals surface area contributed by atoms with Crippen LogP contribution in [0.5, 0.6) is 0 Å². The molecule has 0 aliphatic heterocycles. The molecule has 242 valence electrons. The summed E-state index contributed by atoms with van der Waals surface area (Å²) in [7, 11) is 0. The number of carbonyl (C=O) groups excluding carboxylic acids is 3. The molecule has 0 aromatic heterocycles. The summed E-state index contributed by atoms with van der Waals surface area (Å²) in [5.74, 6) is -5.09. The van der Waals surface area contributed by atoms with E-state index < -0.39 is 39.0 Å². The third-order valence-corrected chi connectivity index (χ3v) is 11.3. The van der Waals surface area contributed by atoms with Gasteiger partial charge in [0.05, 0.1) is 5.57 Å². The summed E-state index contributed by atoms with van der Waals surface area (Å²) in [6.45, 7) is 22.8. The first-order valence-corrected chi connectivity index (χ1v) is 15.9. The van der Waals surface area contributed by atoms with Gasteiger partial charge in [0.15, 0.2) is 11.6 Å². The summed E-state index contributed by atoms with van der Waals surface area (Å²) < 4.78 is 28.2. The first-order chi connectivity index (χ1) is 19.3. The van der Waals surface area contributed by atoms with E-state index in [2.05, 4.69) is 59.9 Å². The van der Waals surface area contributed by atoms with Crippen LogP contribution in [0.4, 0.5) is 8.78 Å². The second kappa shape index (κ2) is 12.2. The third-order valence-electron chi connectivity index (χ3n) is 11.3. The lowest BCUT2D eigenvalue weighted by molar-refractivity contribution is -0.145. The number of halogens is 2. The Morgan fingerprint density at radius 1 is 1.02 bits per heavy atom. The maximum atomic E-state index is 14.1. The Morgan fingerprint density at radius 3 is 2.07 bits per heavy atom. The van der Waals surface area contributed by atoms with E-state index >= 15 is 0 Å². The Labute approximate surface area is 259 Å². The molecule has 0 heterocycles. The number of allylic oxidation sites excluding steroid dienone is 4. The van der Waals surface area contributed by atoms with Crippen molar-refractivity contribution in [2.24, 2.45) is 33.0 Å². The van der Waals surface area contributed by atoms with Gasteiger partial charge in [0.2, 0.25) is 0 Å². The largest absolute Gasteiger partial charge is 0.346 e. The standard InChI is InChI=1S/C36H56F2N2O3/c1-13-15-30(3,4)17-19-33(9,40-29(43)36(12,37)38)20-18-31(5,6)35(11)16-14-26-32(7,8)28(42)25(23-39)22-34(26,10)27(35)21-24(2)41/h21-22,26H,13-20H2,1-12H3,(H,40,43)/b27-21-/t26-,33-,34-,35+/m0/s1. The number of nitrogens with zero attached hydrogens (tertiary/aromatic N) is 1. The molecule has 0 saturated heterocycles. The molecule has 2 aliphatic rings. The third kappa shape index (κ3) is 7.48. The highest BCUT2D eigenvalue weighted by atomic mass is 19.3. The maximum absolute atomic E-state index is 14.1. The van der Waals surface area contributed by atoms with Gasteiger partial charge in [-0.2, -0.15) is 14.0 Å². The highest BCUT2D eigenvalue weighted by Gasteiger charge is 2.61. The van der Waals surface area contributed by atoms with Crippen molar-refractivity contribution >= 4 is 17.5 Å². The number of ketones is 2. The molecule has 4 atom stereocenters. The molecule has 0 spiro atoms.